The van der Waals surface area contributed by atoms with Crippen molar-refractivity contribution in [3.63, 3.8) is 0 Å². The molecule has 2 fully saturated rings. The lowest BCUT2D eigenvalue weighted by molar-refractivity contribution is -0.153. The highest BCUT2D eigenvalue weighted by Gasteiger charge is 2.46. The molecule has 20 heavy (non-hydrogen) atoms. The molecule has 0 radical (unpaired) electrons. The summed E-state index contributed by atoms with van der Waals surface area (Å²) in [5, 5.41) is 3.66. The molecule has 1 saturated heterocycles. The van der Waals surface area contributed by atoms with E-state index in [4.69, 9.17) is 0 Å². The first-order chi connectivity index (χ1) is 9.56. The van der Waals surface area contributed by atoms with Crippen LogP contribution in [0.15, 0.2) is 0 Å². The molecule has 1 N–H and O–H groups in total. The number of thioether (sulfide) groups is 1. The highest BCUT2D eigenvalue weighted by molar-refractivity contribution is 7.99. The minimum atomic E-state index is -0.661. The van der Waals surface area contributed by atoms with Gasteiger partial charge in [0.1, 0.15) is 5.54 Å². The molecule has 2 rings (SSSR count). The van der Waals surface area contributed by atoms with Crippen molar-refractivity contribution in [2.45, 2.75) is 69.2 Å². The number of carbonyl (C=O) groups is 2. The standard InChI is InChI=1S/C15H26N2O2S/c1-4-15(5-2)14(19)17(10-13(18)16-15)11-6-8-12(20-3)9-7-11/h11-12H,4-10H2,1-3H3,(H,16,18). The summed E-state index contributed by atoms with van der Waals surface area (Å²) in [6, 6.07) is 0.259. The lowest BCUT2D eigenvalue weighted by Crippen LogP contribution is -2.68. The fraction of sp³-hybridized carbons (Fsp3) is 0.867. The number of amides is 2. The quantitative estimate of drug-likeness (QED) is 0.865. The number of hydrogen-bond donors (Lipinski definition) is 1. The van der Waals surface area contributed by atoms with E-state index >= 15 is 0 Å². The van der Waals surface area contributed by atoms with E-state index in [1.54, 1.807) is 0 Å². The SMILES string of the molecule is CCC1(CC)NC(=O)CN(C2CCC(SC)CC2)C1=O. The van der Waals surface area contributed by atoms with Gasteiger partial charge in [0.2, 0.25) is 11.8 Å². The number of nitrogens with zero attached hydrogens (tertiary/aromatic N) is 1. The topological polar surface area (TPSA) is 49.4 Å². The highest BCUT2D eigenvalue weighted by atomic mass is 32.2. The van der Waals surface area contributed by atoms with Gasteiger partial charge in [-0.05, 0) is 44.8 Å². The molecule has 2 aliphatic rings. The Morgan fingerprint density at radius 3 is 2.30 bits per heavy atom. The van der Waals surface area contributed by atoms with E-state index in [1.807, 2.05) is 30.5 Å². The van der Waals surface area contributed by atoms with Gasteiger partial charge in [0.25, 0.3) is 0 Å². The van der Waals surface area contributed by atoms with Crippen LogP contribution in [0.25, 0.3) is 0 Å². The highest BCUT2D eigenvalue weighted by Crippen LogP contribution is 2.32. The van der Waals surface area contributed by atoms with Gasteiger partial charge in [-0.1, -0.05) is 13.8 Å². The van der Waals surface area contributed by atoms with E-state index in [9.17, 15) is 9.59 Å². The maximum atomic E-state index is 12.8. The summed E-state index contributed by atoms with van der Waals surface area (Å²) in [4.78, 5) is 26.7. The minimum Gasteiger partial charge on any atom is -0.340 e. The van der Waals surface area contributed by atoms with Crippen LogP contribution < -0.4 is 5.32 Å². The molecule has 0 unspecified atom stereocenters. The number of rotatable bonds is 4. The van der Waals surface area contributed by atoms with Crippen LogP contribution in [0.3, 0.4) is 0 Å². The largest absolute Gasteiger partial charge is 0.340 e. The van der Waals surface area contributed by atoms with Crippen LogP contribution >= 0.6 is 11.8 Å². The minimum absolute atomic E-state index is 0.000269. The van der Waals surface area contributed by atoms with Gasteiger partial charge in [-0.15, -0.1) is 0 Å². The van der Waals surface area contributed by atoms with Crippen LogP contribution in [0.4, 0.5) is 0 Å². The van der Waals surface area contributed by atoms with Gasteiger partial charge in [-0.3, -0.25) is 9.59 Å². The third-order valence-electron chi connectivity index (χ3n) is 4.99. The molecule has 114 valence electrons. The molecule has 0 atom stereocenters. The first kappa shape index (κ1) is 15.7. The number of nitrogens with one attached hydrogen (secondary N) is 1. The fourth-order valence-electron chi connectivity index (χ4n) is 3.48. The number of hydrogen-bond acceptors (Lipinski definition) is 3. The third-order valence-corrected chi connectivity index (χ3v) is 6.13. The van der Waals surface area contributed by atoms with E-state index in [0.717, 1.165) is 30.9 Å². The maximum Gasteiger partial charge on any atom is 0.249 e. The van der Waals surface area contributed by atoms with Gasteiger partial charge in [0, 0.05) is 11.3 Å². The Bertz CT molecular complexity index is 374. The number of carbonyl (C=O) groups excluding carboxylic acids is 2. The van der Waals surface area contributed by atoms with Crippen molar-refractivity contribution in [1.29, 1.82) is 0 Å². The smallest absolute Gasteiger partial charge is 0.249 e. The van der Waals surface area contributed by atoms with Gasteiger partial charge in [-0.25, -0.2) is 0 Å². The van der Waals surface area contributed by atoms with Crippen molar-refractivity contribution < 1.29 is 9.59 Å². The summed E-state index contributed by atoms with van der Waals surface area (Å²) in [6.07, 6.45) is 7.88. The van der Waals surface area contributed by atoms with Crippen LogP contribution in [0.1, 0.15) is 52.4 Å². The van der Waals surface area contributed by atoms with Crippen LogP contribution in [0, 0.1) is 0 Å². The maximum absolute atomic E-state index is 12.8. The van der Waals surface area contributed by atoms with Crippen molar-refractivity contribution in [2.24, 2.45) is 0 Å². The second kappa shape index (κ2) is 6.37. The van der Waals surface area contributed by atoms with Crippen LogP contribution in [-0.4, -0.2) is 46.3 Å². The molecular weight excluding hydrogens is 272 g/mol. The Balaban J connectivity index is 2.11. The average molecular weight is 298 g/mol. The zero-order valence-electron chi connectivity index (χ0n) is 12.8. The molecule has 2 amide bonds. The van der Waals surface area contributed by atoms with Crippen molar-refractivity contribution in [3.05, 3.63) is 0 Å². The van der Waals surface area contributed by atoms with Crippen LogP contribution in [0.2, 0.25) is 0 Å². The lowest BCUT2D eigenvalue weighted by atomic mass is 9.86. The second-order valence-corrected chi connectivity index (χ2v) is 7.07. The van der Waals surface area contributed by atoms with E-state index < -0.39 is 5.54 Å². The molecule has 1 saturated carbocycles. The predicted molar refractivity (Wildman–Crippen MR) is 82.7 cm³/mol. The zero-order chi connectivity index (χ0) is 14.8. The fourth-order valence-corrected chi connectivity index (χ4v) is 4.22. The summed E-state index contributed by atoms with van der Waals surface area (Å²) in [6.45, 7) is 4.21. The van der Waals surface area contributed by atoms with Gasteiger partial charge < -0.3 is 10.2 Å². The molecule has 0 aromatic heterocycles. The Labute approximate surface area is 126 Å². The normalized spacial score (nSPS) is 30.2. The van der Waals surface area contributed by atoms with Gasteiger partial charge in [-0.2, -0.15) is 11.8 Å². The van der Waals surface area contributed by atoms with Gasteiger partial charge >= 0.3 is 0 Å². The predicted octanol–water partition coefficient (Wildman–Crippen LogP) is 2.18. The van der Waals surface area contributed by atoms with E-state index in [0.29, 0.717) is 12.8 Å². The second-order valence-electron chi connectivity index (χ2n) is 5.94. The Morgan fingerprint density at radius 2 is 1.80 bits per heavy atom. The zero-order valence-corrected chi connectivity index (χ0v) is 13.6. The van der Waals surface area contributed by atoms with E-state index in [1.165, 1.54) is 0 Å². The Morgan fingerprint density at radius 1 is 1.20 bits per heavy atom. The van der Waals surface area contributed by atoms with Crippen LogP contribution in [-0.2, 0) is 9.59 Å². The molecule has 5 heteroatoms. The van der Waals surface area contributed by atoms with E-state index in [-0.39, 0.29) is 24.4 Å². The van der Waals surface area contributed by atoms with Crippen molar-refractivity contribution >= 4 is 23.6 Å². The molecule has 1 heterocycles. The van der Waals surface area contributed by atoms with Crippen molar-refractivity contribution in [2.75, 3.05) is 12.8 Å². The summed E-state index contributed by atoms with van der Waals surface area (Å²) in [5.41, 5.74) is -0.661. The number of piperazine rings is 1. The molecular formula is C15H26N2O2S. The molecule has 4 nitrogen and oxygen atoms in total. The first-order valence-electron chi connectivity index (χ1n) is 7.71. The third kappa shape index (κ3) is 2.83. The van der Waals surface area contributed by atoms with Crippen molar-refractivity contribution in [3.8, 4) is 0 Å². The molecule has 1 aliphatic heterocycles. The summed E-state index contributed by atoms with van der Waals surface area (Å²) in [7, 11) is 0. The summed E-state index contributed by atoms with van der Waals surface area (Å²) in [5.74, 6) is 0.134. The Kier molecular flexibility index (Phi) is 4.99. The molecule has 0 aromatic rings. The lowest BCUT2D eigenvalue weighted by Gasteiger charge is -2.45. The summed E-state index contributed by atoms with van der Waals surface area (Å²) < 4.78 is 0. The molecule has 0 aromatic carbocycles. The first-order valence-corrected chi connectivity index (χ1v) is 9.00. The van der Waals surface area contributed by atoms with Gasteiger partial charge in [0.05, 0.1) is 6.54 Å². The average Bonchev–Trinajstić information content (AvgIpc) is 2.49. The van der Waals surface area contributed by atoms with Gasteiger partial charge in [0.15, 0.2) is 0 Å². The molecule has 1 aliphatic carbocycles. The summed E-state index contributed by atoms with van der Waals surface area (Å²) >= 11 is 1.92. The monoisotopic (exact) mass is 298 g/mol. The van der Waals surface area contributed by atoms with Crippen LogP contribution in [0.5, 0.6) is 0 Å². The van der Waals surface area contributed by atoms with E-state index in [2.05, 4.69) is 11.6 Å². The molecule has 0 spiro atoms. The van der Waals surface area contributed by atoms with Crippen molar-refractivity contribution in [1.82, 2.24) is 10.2 Å². The Hall–Kier alpha value is -0.710. The molecule has 0 bridgehead atoms.